The zero-order chi connectivity index (χ0) is 13.9. The fourth-order valence-electron chi connectivity index (χ4n) is 2.78. The molecule has 0 saturated carbocycles. The first kappa shape index (κ1) is 14.1. The standard InChI is InChI=1S/C16H24N2O/c1-16(2,9-10-17)18-15(19)14-8-7-12-5-3-4-6-13(12)11-14/h3-6,14H,7-11,17H2,1-2H3,(H,18,19). The Bertz CT molecular complexity index is 454. The molecule has 2 rings (SSSR count). The average molecular weight is 260 g/mol. The number of nitrogens with two attached hydrogens (primary N) is 1. The van der Waals surface area contributed by atoms with Gasteiger partial charge in [0.05, 0.1) is 0 Å². The molecule has 0 heterocycles. The smallest absolute Gasteiger partial charge is 0.223 e. The summed E-state index contributed by atoms with van der Waals surface area (Å²) < 4.78 is 0. The molecule has 0 fully saturated rings. The second-order valence-corrected chi connectivity index (χ2v) is 6.12. The van der Waals surface area contributed by atoms with E-state index in [1.165, 1.54) is 11.1 Å². The molecule has 1 atom stereocenters. The molecule has 1 unspecified atom stereocenters. The van der Waals surface area contributed by atoms with Crippen LogP contribution < -0.4 is 11.1 Å². The van der Waals surface area contributed by atoms with Crippen molar-refractivity contribution in [1.82, 2.24) is 5.32 Å². The molecule has 3 heteroatoms. The van der Waals surface area contributed by atoms with E-state index in [-0.39, 0.29) is 17.4 Å². The number of carbonyl (C=O) groups excluding carboxylic acids is 1. The Balaban J connectivity index is 1.99. The lowest BCUT2D eigenvalue weighted by Crippen LogP contribution is -2.48. The van der Waals surface area contributed by atoms with E-state index in [0.29, 0.717) is 6.54 Å². The van der Waals surface area contributed by atoms with Crippen LogP contribution in [-0.4, -0.2) is 18.0 Å². The van der Waals surface area contributed by atoms with Gasteiger partial charge >= 0.3 is 0 Å². The summed E-state index contributed by atoms with van der Waals surface area (Å²) in [7, 11) is 0. The summed E-state index contributed by atoms with van der Waals surface area (Å²) in [5.41, 5.74) is 8.10. The van der Waals surface area contributed by atoms with Crippen LogP contribution in [0.4, 0.5) is 0 Å². The van der Waals surface area contributed by atoms with Gasteiger partial charge in [-0.3, -0.25) is 4.79 Å². The number of carbonyl (C=O) groups is 1. The van der Waals surface area contributed by atoms with Gasteiger partial charge in [-0.2, -0.15) is 0 Å². The number of hydrogen-bond donors (Lipinski definition) is 2. The van der Waals surface area contributed by atoms with Gasteiger partial charge in [-0.25, -0.2) is 0 Å². The maximum absolute atomic E-state index is 12.3. The Morgan fingerprint density at radius 3 is 2.74 bits per heavy atom. The Hall–Kier alpha value is -1.35. The zero-order valence-corrected chi connectivity index (χ0v) is 11.9. The molecule has 0 bridgehead atoms. The van der Waals surface area contributed by atoms with Crippen molar-refractivity contribution in [3.8, 4) is 0 Å². The van der Waals surface area contributed by atoms with Crippen LogP contribution in [0, 0.1) is 5.92 Å². The summed E-state index contributed by atoms with van der Waals surface area (Å²) in [4.78, 5) is 12.3. The fraction of sp³-hybridized carbons (Fsp3) is 0.562. The Morgan fingerprint density at radius 1 is 1.37 bits per heavy atom. The summed E-state index contributed by atoms with van der Waals surface area (Å²) in [6.07, 6.45) is 3.62. The molecule has 1 aliphatic rings. The lowest BCUT2D eigenvalue weighted by Gasteiger charge is -2.30. The van der Waals surface area contributed by atoms with Crippen LogP contribution in [0.25, 0.3) is 0 Å². The summed E-state index contributed by atoms with van der Waals surface area (Å²) in [5.74, 6) is 0.278. The highest BCUT2D eigenvalue weighted by atomic mass is 16.2. The molecule has 1 amide bonds. The highest BCUT2D eigenvalue weighted by Crippen LogP contribution is 2.26. The van der Waals surface area contributed by atoms with Crippen molar-refractivity contribution in [3.63, 3.8) is 0 Å². The second kappa shape index (κ2) is 5.74. The van der Waals surface area contributed by atoms with E-state index in [4.69, 9.17) is 5.73 Å². The van der Waals surface area contributed by atoms with Gasteiger partial charge in [0.1, 0.15) is 0 Å². The van der Waals surface area contributed by atoms with E-state index in [2.05, 4.69) is 29.6 Å². The Kier molecular flexibility index (Phi) is 4.25. The maximum atomic E-state index is 12.3. The molecule has 104 valence electrons. The molecular formula is C16H24N2O. The summed E-state index contributed by atoms with van der Waals surface area (Å²) in [6, 6.07) is 8.43. The predicted octanol–water partition coefficient (Wildman–Crippen LogP) is 2.04. The van der Waals surface area contributed by atoms with Gasteiger partial charge in [0.15, 0.2) is 0 Å². The van der Waals surface area contributed by atoms with Crippen molar-refractivity contribution in [1.29, 1.82) is 0 Å². The third kappa shape index (κ3) is 3.57. The van der Waals surface area contributed by atoms with Gasteiger partial charge < -0.3 is 11.1 Å². The topological polar surface area (TPSA) is 55.1 Å². The van der Waals surface area contributed by atoms with E-state index < -0.39 is 0 Å². The monoisotopic (exact) mass is 260 g/mol. The first-order valence-corrected chi connectivity index (χ1v) is 7.11. The number of rotatable bonds is 4. The lowest BCUT2D eigenvalue weighted by atomic mass is 9.83. The maximum Gasteiger partial charge on any atom is 0.223 e. The summed E-state index contributed by atoms with van der Waals surface area (Å²) in [6.45, 7) is 4.67. The molecule has 3 nitrogen and oxygen atoms in total. The number of aryl methyl sites for hydroxylation is 1. The van der Waals surface area contributed by atoms with Gasteiger partial charge in [0, 0.05) is 11.5 Å². The van der Waals surface area contributed by atoms with Crippen LogP contribution in [0.15, 0.2) is 24.3 Å². The number of hydrogen-bond acceptors (Lipinski definition) is 2. The van der Waals surface area contributed by atoms with Gasteiger partial charge in [-0.1, -0.05) is 24.3 Å². The normalized spacial score (nSPS) is 18.8. The minimum Gasteiger partial charge on any atom is -0.351 e. The number of benzene rings is 1. The van der Waals surface area contributed by atoms with E-state index >= 15 is 0 Å². The molecule has 0 spiro atoms. The molecule has 19 heavy (non-hydrogen) atoms. The quantitative estimate of drug-likeness (QED) is 0.870. The summed E-state index contributed by atoms with van der Waals surface area (Å²) in [5, 5.41) is 3.14. The number of amides is 1. The zero-order valence-electron chi connectivity index (χ0n) is 11.9. The Labute approximate surface area is 115 Å². The number of nitrogens with one attached hydrogen (secondary N) is 1. The van der Waals surface area contributed by atoms with Gasteiger partial charge in [-0.15, -0.1) is 0 Å². The molecule has 0 aliphatic heterocycles. The number of fused-ring (bicyclic) bond motifs is 1. The van der Waals surface area contributed by atoms with Gasteiger partial charge in [0.2, 0.25) is 5.91 Å². The van der Waals surface area contributed by atoms with Crippen molar-refractivity contribution < 1.29 is 4.79 Å². The third-order valence-corrected chi connectivity index (χ3v) is 3.95. The van der Waals surface area contributed by atoms with E-state index in [0.717, 1.165) is 25.7 Å². The van der Waals surface area contributed by atoms with E-state index in [9.17, 15) is 4.79 Å². The van der Waals surface area contributed by atoms with Crippen LogP contribution in [0.5, 0.6) is 0 Å². The molecular weight excluding hydrogens is 236 g/mol. The van der Waals surface area contributed by atoms with Crippen LogP contribution in [0.1, 0.15) is 37.8 Å². The van der Waals surface area contributed by atoms with Crippen molar-refractivity contribution in [2.24, 2.45) is 11.7 Å². The third-order valence-electron chi connectivity index (χ3n) is 3.95. The second-order valence-electron chi connectivity index (χ2n) is 6.12. The fourth-order valence-corrected chi connectivity index (χ4v) is 2.78. The Morgan fingerprint density at radius 2 is 2.05 bits per heavy atom. The highest BCUT2D eigenvalue weighted by Gasteiger charge is 2.28. The molecule has 1 aliphatic carbocycles. The molecule has 0 radical (unpaired) electrons. The van der Waals surface area contributed by atoms with Crippen molar-refractivity contribution in [3.05, 3.63) is 35.4 Å². The molecule has 1 aromatic carbocycles. The first-order chi connectivity index (χ1) is 9.02. The van der Waals surface area contributed by atoms with E-state index in [1.54, 1.807) is 0 Å². The molecule has 3 N–H and O–H groups in total. The van der Waals surface area contributed by atoms with Crippen LogP contribution in [-0.2, 0) is 17.6 Å². The molecule has 0 aromatic heterocycles. The van der Waals surface area contributed by atoms with E-state index in [1.807, 2.05) is 13.8 Å². The highest BCUT2D eigenvalue weighted by molar-refractivity contribution is 5.80. The van der Waals surface area contributed by atoms with Crippen LogP contribution >= 0.6 is 0 Å². The van der Waals surface area contributed by atoms with Crippen LogP contribution in [0.2, 0.25) is 0 Å². The lowest BCUT2D eigenvalue weighted by molar-refractivity contribution is -0.127. The first-order valence-electron chi connectivity index (χ1n) is 7.11. The van der Waals surface area contributed by atoms with Crippen molar-refractivity contribution in [2.45, 2.75) is 45.1 Å². The SMILES string of the molecule is CC(C)(CCN)NC(=O)C1CCc2ccccc2C1. The summed E-state index contributed by atoms with van der Waals surface area (Å²) >= 11 is 0. The minimum atomic E-state index is -0.206. The van der Waals surface area contributed by atoms with Crippen LogP contribution in [0.3, 0.4) is 0 Å². The molecule has 0 saturated heterocycles. The minimum absolute atomic E-state index is 0.104. The average Bonchev–Trinajstić information content (AvgIpc) is 2.37. The predicted molar refractivity (Wildman–Crippen MR) is 77.9 cm³/mol. The van der Waals surface area contributed by atoms with Gasteiger partial charge in [-0.05, 0) is 57.2 Å². The van der Waals surface area contributed by atoms with Crippen molar-refractivity contribution >= 4 is 5.91 Å². The largest absolute Gasteiger partial charge is 0.351 e. The van der Waals surface area contributed by atoms with Crippen molar-refractivity contribution in [2.75, 3.05) is 6.54 Å². The van der Waals surface area contributed by atoms with Gasteiger partial charge in [0.25, 0.3) is 0 Å². The molecule has 1 aromatic rings.